The highest BCUT2D eigenvalue weighted by atomic mass is 32.1. The zero-order valence-corrected chi connectivity index (χ0v) is 17.5. The Balaban J connectivity index is 2.07. The zero-order chi connectivity index (χ0) is 19.8. The van der Waals surface area contributed by atoms with Crippen molar-refractivity contribution in [1.82, 2.24) is 9.97 Å². The number of aliphatic carboxylic acids is 1. The number of hydrogen-bond donors (Lipinski definition) is 1. The lowest BCUT2D eigenvalue weighted by Gasteiger charge is -2.20. The molecule has 0 amide bonds. The van der Waals surface area contributed by atoms with E-state index in [0.717, 1.165) is 57.6 Å². The van der Waals surface area contributed by atoms with Crippen LogP contribution in [0, 0.1) is 13.8 Å². The van der Waals surface area contributed by atoms with Crippen LogP contribution < -0.4 is 0 Å². The highest BCUT2D eigenvalue weighted by Gasteiger charge is 2.29. The largest absolute Gasteiger partial charge is 0.481 e. The Hall–Kier alpha value is -2.27. The first-order valence-electron chi connectivity index (χ1n) is 10.1. The summed E-state index contributed by atoms with van der Waals surface area (Å²) in [5.41, 5.74) is 7.16. The lowest BCUT2D eigenvalue weighted by atomic mass is 9.86. The number of aromatic nitrogens is 2. The topological polar surface area (TPSA) is 63.1 Å². The molecular formula is C23H26N2O2S. The van der Waals surface area contributed by atoms with Crippen LogP contribution in [0.25, 0.3) is 21.3 Å². The van der Waals surface area contributed by atoms with Gasteiger partial charge in [-0.3, -0.25) is 14.8 Å². The fourth-order valence-corrected chi connectivity index (χ4v) is 5.79. The van der Waals surface area contributed by atoms with E-state index in [4.69, 9.17) is 4.98 Å². The molecule has 3 heterocycles. The molecule has 5 heteroatoms. The molecule has 4 rings (SSSR count). The normalized spacial score (nSPS) is 14.8. The summed E-state index contributed by atoms with van der Waals surface area (Å²) in [5, 5.41) is 9.99. The molecule has 0 spiro atoms. The van der Waals surface area contributed by atoms with Crippen LogP contribution in [0.5, 0.6) is 0 Å². The maximum atomic E-state index is 12.2. The minimum Gasteiger partial charge on any atom is -0.481 e. The first-order valence-corrected chi connectivity index (χ1v) is 10.9. The number of fused-ring (bicyclic) bond motifs is 3. The van der Waals surface area contributed by atoms with Crippen molar-refractivity contribution in [2.24, 2.45) is 0 Å². The first-order chi connectivity index (χ1) is 13.5. The molecule has 0 saturated carbocycles. The molecule has 1 atom stereocenters. The lowest BCUT2D eigenvalue weighted by molar-refractivity contribution is -0.139. The summed E-state index contributed by atoms with van der Waals surface area (Å²) < 4.78 is 1.14. The predicted molar refractivity (Wildman–Crippen MR) is 114 cm³/mol. The summed E-state index contributed by atoms with van der Waals surface area (Å²) >= 11 is 1.81. The van der Waals surface area contributed by atoms with Crippen molar-refractivity contribution in [3.8, 4) is 11.1 Å². The molecule has 0 aliphatic heterocycles. The van der Waals surface area contributed by atoms with Crippen molar-refractivity contribution < 1.29 is 9.90 Å². The van der Waals surface area contributed by atoms with Crippen molar-refractivity contribution in [2.45, 2.75) is 65.2 Å². The standard InChI is InChI=1S/C23H26N2O2S/c1-4-7-17(23(26)27)19-14(3)25-21-16-8-5-6-9-18(16)28-22(21)20(19)15-11-10-13(2)24-12-15/h10-12,17H,4-9H2,1-3H3,(H,26,27). The SMILES string of the molecule is CCCC(C(=O)O)c1c(C)nc2c3c(sc2c1-c1ccc(C)nc1)CCCC3. The number of nitrogens with zero attached hydrogens (tertiary/aromatic N) is 2. The van der Waals surface area contributed by atoms with Gasteiger partial charge in [0, 0.05) is 33.6 Å². The van der Waals surface area contributed by atoms with Crippen molar-refractivity contribution in [3.63, 3.8) is 0 Å². The molecule has 0 radical (unpaired) electrons. The van der Waals surface area contributed by atoms with Crippen LogP contribution in [0.1, 0.15) is 65.9 Å². The molecule has 0 bridgehead atoms. The molecule has 146 valence electrons. The molecule has 28 heavy (non-hydrogen) atoms. The summed E-state index contributed by atoms with van der Waals surface area (Å²) in [5.74, 6) is -1.31. The third-order valence-electron chi connectivity index (χ3n) is 5.73. The van der Waals surface area contributed by atoms with E-state index in [9.17, 15) is 9.90 Å². The molecular weight excluding hydrogens is 368 g/mol. The van der Waals surface area contributed by atoms with Gasteiger partial charge in [0.25, 0.3) is 0 Å². The summed E-state index contributed by atoms with van der Waals surface area (Å²) in [6.45, 7) is 5.98. The Morgan fingerprint density at radius 3 is 2.71 bits per heavy atom. The van der Waals surface area contributed by atoms with Gasteiger partial charge in [-0.25, -0.2) is 0 Å². The van der Waals surface area contributed by atoms with Crippen LogP contribution in [-0.4, -0.2) is 21.0 Å². The molecule has 3 aromatic heterocycles. The van der Waals surface area contributed by atoms with E-state index < -0.39 is 11.9 Å². The van der Waals surface area contributed by atoms with Gasteiger partial charge in [0.15, 0.2) is 0 Å². The molecule has 0 aromatic carbocycles. The number of carbonyl (C=O) groups is 1. The van der Waals surface area contributed by atoms with Crippen molar-refractivity contribution >= 4 is 27.5 Å². The van der Waals surface area contributed by atoms with Crippen molar-refractivity contribution in [2.75, 3.05) is 0 Å². The number of aryl methyl sites for hydroxylation is 4. The van der Waals surface area contributed by atoms with E-state index in [2.05, 4.69) is 11.1 Å². The van der Waals surface area contributed by atoms with Crippen LogP contribution >= 0.6 is 11.3 Å². The van der Waals surface area contributed by atoms with Crippen LogP contribution in [0.4, 0.5) is 0 Å². The molecule has 1 N–H and O–H groups in total. The molecule has 1 aliphatic carbocycles. The molecule has 0 saturated heterocycles. The Bertz CT molecular complexity index is 1040. The van der Waals surface area contributed by atoms with Gasteiger partial charge in [-0.2, -0.15) is 0 Å². The average molecular weight is 395 g/mol. The third-order valence-corrected chi connectivity index (χ3v) is 7.03. The van der Waals surface area contributed by atoms with Gasteiger partial charge in [-0.05, 0) is 63.1 Å². The van der Waals surface area contributed by atoms with E-state index in [1.54, 1.807) is 0 Å². The number of pyridine rings is 2. The molecule has 0 fully saturated rings. The highest BCUT2D eigenvalue weighted by molar-refractivity contribution is 7.19. The first kappa shape index (κ1) is 19.1. The summed E-state index contributed by atoms with van der Waals surface area (Å²) in [7, 11) is 0. The Morgan fingerprint density at radius 1 is 1.25 bits per heavy atom. The maximum absolute atomic E-state index is 12.2. The van der Waals surface area contributed by atoms with E-state index in [1.165, 1.54) is 23.3 Å². The van der Waals surface area contributed by atoms with Gasteiger partial charge < -0.3 is 5.11 Å². The van der Waals surface area contributed by atoms with Crippen LogP contribution in [0.3, 0.4) is 0 Å². The summed E-state index contributed by atoms with van der Waals surface area (Å²) in [4.78, 5) is 23.1. The second kappa shape index (κ2) is 7.63. The molecule has 1 aliphatic rings. The van der Waals surface area contributed by atoms with Crippen molar-refractivity contribution in [3.05, 3.63) is 45.7 Å². The predicted octanol–water partition coefficient (Wildman–Crippen LogP) is 5.82. The van der Waals surface area contributed by atoms with Gasteiger partial charge in [0.2, 0.25) is 0 Å². The fraction of sp³-hybridized carbons (Fsp3) is 0.435. The number of rotatable bonds is 5. The number of carboxylic acids is 1. The Labute approximate surface area is 169 Å². The molecule has 3 aromatic rings. The third kappa shape index (κ3) is 3.22. The number of carboxylic acid groups (broad SMARTS) is 1. The van der Waals surface area contributed by atoms with Crippen LogP contribution in [-0.2, 0) is 17.6 Å². The van der Waals surface area contributed by atoms with Crippen LogP contribution in [0.2, 0.25) is 0 Å². The second-order valence-electron chi connectivity index (χ2n) is 7.74. The molecule has 1 unspecified atom stereocenters. The summed E-state index contributed by atoms with van der Waals surface area (Å²) in [6, 6.07) is 4.08. The monoisotopic (exact) mass is 394 g/mol. The lowest BCUT2D eigenvalue weighted by Crippen LogP contribution is -2.15. The Morgan fingerprint density at radius 2 is 2.04 bits per heavy atom. The zero-order valence-electron chi connectivity index (χ0n) is 16.7. The minimum absolute atomic E-state index is 0.544. The van der Waals surface area contributed by atoms with Crippen molar-refractivity contribution in [1.29, 1.82) is 0 Å². The Kier molecular flexibility index (Phi) is 5.19. The quantitative estimate of drug-likeness (QED) is 0.592. The van der Waals surface area contributed by atoms with E-state index in [-0.39, 0.29) is 0 Å². The summed E-state index contributed by atoms with van der Waals surface area (Å²) in [6.07, 6.45) is 7.92. The minimum atomic E-state index is -0.770. The highest BCUT2D eigenvalue weighted by Crippen LogP contribution is 2.45. The van der Waals surface area contributed by atoms with Gasteiger partial charge >= 0.3 is 5.97 Å². The van der Waals surface area contributed by atoms with Crippen LogP contribution in [0.15, 0.2) is 18.3 Å². The molecule has 4 nitrogen and oxygen atoms in total. The number of hydrogen-bond acceptors (Lipinski definition) is 4. The number of thiophene rings is 1. The van der Waals surface area contributed by atoms with Gasteiger partial charge in [-0.1, -0.05) is 19.4 Å². The van der Waals surface area contributed by atoms with E-state index >= 15 is 0 Å². The van der Waals surface area contributed by atoms with E-state index in [0.29, 0.717) is 6.42 Å². The van der Waals surface area contributed by atoms with E-state index in [1.807, 2.05) is 44.4 Å². The smallest absolute Gasteiger partial charge is 0.311 e. The van der Waals surface area contributed by atoms with Gasteiger partial charge in [0.1, 0.15) is 0 Å². The maximum Gasteiger partial charge on any atom is 0.311 e. The van der Waals surface area contributed by atoms with Gasteiger partial charge in [-0.15, -0.1) is 11.3 Å². The fourth-order valence-electron chi connectivity index (χ4n) is 4.38. The average Bonchev–Trinajstić information content (AvgIpc) is 3.04. The second-order valence-corrected chi connectivity index (χ2v) is 8.85. The van der Waals surface area contributed by atoms with Gasteiger partial charge in [0.05, 0.1) is 16.1 Å².